The van der Waals surface area contributed by atoms with E-state index in [0.717, 1.165) is 23.8 Å². The van der Waals surface area contributed by atoms with E-state index < -0.39 is 16.6 Å². The Labute approximate surface area is 265 Å². The number of aryl methyl sites for hydroxylation is 1. The highest BCUT2D eigenvalue weighted by atomic mass is 16.6. The molecule has 0 aliphatic rings. The lowest BCUT2D eigenvalue weighted by Crippen LogP contribution is -2.48. The molecule has 0 saturated heterocycles. The molecule has 0 radical (unpaired) electrons. The van der Waals surface area contributed by atoms with Crippen LogP contribution >= 0.6 is 0 Å². The van der Waals surface area contributed by atoms with Gasteiger partial charge in [0, 0.05) is 11.8 Å². The first kappa shape index (κ1) is 35.4. The van der Waals surface area contributed by atoms with Crippen LogP contribution in [0.2, 0.25) is 0 Å². The van der Waals surface area contributed by atoms with Crippen LogP contribution in [0, 0.1) is 16.2 Å². The fourth-order valence-corrected chi connectivity index (χ4v) is 6.28. The van der Waals surface area contributed by atoms with Crippen molar-refractivity contribution in [2.24, 2.45) is 16.2 Å². The highest BCUT2D eigenvalue weighted by Crippen LogP contribution is 2.48. The van der Waals surface area contributed by atoms with Gasteiger partial charge >= 0.3 is 11.6 Å². The van der Waals surface area contributed by atoms with Crippen LogP contribution in [0.15, 0.2) is 57.7 Å². The van der Waals surface area contributed by atoms with E-state index in [0.29, 0.717) is 23.3 Å². The number of carbonyl (C=O) groups excluding carboxylic acids is 1. The largest absolute Gasteiger partial charge is 0.488 e. The van der Waals surface area contributed by atoms with Crippen LogP contribution in [-0.2, 0) is 16.0 Å². The SMILES string of the molecule is CCCCCc1ccc(-c2cc3cc(OC(C)(C)CC(C)(C)OC(=O)C(C)(CC(C)(C)C)C(C)(C)C)ccc3oc2=O)cc1. The molecule has 0 spiro atoms. The normalized spacial score (nSPS) is 14.4. The van der Waals surface area contributed by atoms with E-state index in [2.05, 4.69) is 60.6 Å². The Balaban J connectivity index is 1.79. The molecule has 0 N–H and O–H groups in total. The minimum absolute atomic E-state index is 0.0274. The standard InChI is InChI=1S/C39H56O5/c1-13-14-15-16-27-17-19-28(20-18-27)31-24-29-23-30(21-22-32(29)42-33(31)40)43-37(8,9)26-38(10,11)44-34(41)39(12,36(5,6)7)25-35(2,3)4/h17-24H,13-16,25-26H2,1-12H3. The summed E-state index contributed by atoms with van der Waals surface area (Å²) in [5, 5.41) is 0.786. The molecule has 0 bridgehead atoms. The van der Waals surface area contributed by atoms with Gasteiger partial charge in [-0.15, -0.1) is 0 Å². The van der Waals surface area contributed by atoms with E-state index in [1.54, 1.807) is 6.07 Å². The van der Waals surface area contributed by atoms with Gasteiger partial charge in [-0.2, -0.15) is 0 Å². The summed E-state index contributed by atoms with van der Waals surface area (Å²) < 4.78 is 18.4. The second-order valence-corrected chi connectivity index (χ2v) is 16.3. The maximum absolute atomic E-state index is 13.8. The van der Waals surface area contributed by atoms with E-state index in [4.69, 9.17) is 13.9 Å². The van der Waals surface area contributed by atoms with Gasteiger partial charge in [0.1, 0.15) is 22.5 Å². The topological polar surface area (TPSA) is 65.7 Å². The fraction of sp³-hybridized carbons (Fsp3) is 0.590. The second-order valence-electron chi connectivity index (χ2n) is 16.3. The van der Waals surface area contributed by atoms with Crippen LogP contribution in [0.4, 0.5) is 0 Å². The van der Waals surface area contributed by atoms with Gasteiger partial charge < -0.3 is 13.9 Å². The molecule has 5 heteroatoms. The summed E-state index contributed by atoms with van der Waals surface area (Å²) in [7, 11) is 0. The minimum atomic E-state index is -0.759. The second kappa shape index (κ2) is 13.1. The zero-order valence-corrected chi connectivity index (χ0v) is 29.4. The zero-order chi connectivity index (χ0) is 33.1. The first-order valence-corrected chi connectivity index (χ1v) is 16.2. The number of fused-ring (bicyclic) bond motifs is 1. The molecule has 0 aliphatic heterocycles. The highest BCUT2D eigenvalue weighted by molar-refractivity contribution is 5.83. The summed E-state index contributed by atoms with van der Waals surface area (Å²) >= 11 is 0. The van der Waals surface area contributed by atoms with Gasteiger partial charge in [0.15, 0.2) is 0 Å². The maximum atomic E-state index is 13.8. The zero-order valence-electron chi connectivity index (χ0n) is 29.4. The van der Waals surface area contributed by atoms with Crippen LogP contribution in [0.25, 0.3) is 22.1 Å². The Bertz CT molecular complexity index is 1480. The first-order chi connectivity index (χ1) is 20.1. The van der Waals surface area contributed by atoms with Crippen molar-refractivity contribution in [3.8, 4) is 16.9 Å². The van der Waals surface area contributed by atoms with Crippen molar-refractivity contribution in [1.82, 2.24) is 0 Å². The van der Waals surface area contributed by atoms with E-state index in [1.807, 2.05) is 65.0 Å². The molecule has 1 aromatic heterocycles. The molecule has 1 heterocycles. The third-order valence-electron chi connectivity index (χ3n) is 8.64. The molecule has 242 valence electrons. The van der Waals surface area contributed by atoms with Crippen LogP contribution in [-0.4, -0.2) is 17.2 Å². The van der Waals surface area contributed by atoms with Crippen molar-refractivity contribution >= 4 is 16.9 Å². The monoisotopic (exact) mass is 604 g/mol. The molecule has 0 amide bonds. The lowest BCUT2D eigenvalue weighted by molar-refractivity contribution is -0.181. The van der Waals surface area contributed by atoms with Crippen molar-refractivity contribution < 1.29 is 18.7 Å². The average Bonchev–Trinajstić information content (AvgIpc) is 2.86. The number of esters is 1. The van der Waals surface area contributed by atoms with Crippen molar-refractivity contribution in [2.45, 2.75) is 133 Å². The molecule has 3 aromatic rings. The van der Waals surface area contributed by atoms with Crippen molar-refractivity contribution in [3.63, 3.8) is 0 Å². The molecular weight excluding hydrogens is 548 g/mol. The van der Waals surface area contributed by atoms with Gasteiger partial charge in [-0.3, -0.25) is 4.79 Å². The Morgan fingerprint density at radius 2 is 1.41 bits per heavy atom. The van der Waals surface area contributed by atoms with Crippen LogP contribution in [0.3, 0.4) is 0 Å². The predicted octanol–water partition coefficient (Wildman–Crippen LogP) is 10.6. The summed E-state index contributed by atoms with van der Waals surface area (Å²) in [5.41, 5.74) is 0.436. The Morgan fingerprint density at radius 1 is 0.773 bits per heavy atom. The smallest absolute Gasteiger partial charge is 0.344 e. The molecule has 5 nitrogen and oxygen atoms in total. The maximum Gasteiger partial charge on any atom is 0.344 e. The number of hydrogen-bond donors (Lipinski definition) is 0. The first-order valence-electron chi connectivity index (χ1n) is 16.2. The van der Waals surface area contributed by atoms with Crippen LogP contribution < -0.4 is 10.4 Å². The molecule has 1 unspecified atom stereocenters. The van der Waals surface area contributed by atoms with Gasteiger partial charge in [0.05, 0.1) is 11.0 Å². The quantitative estimate of drug-likeness (QED) is 0.117. The molecule has 0 aliphatic carbocycles. The van der Waals surface area contributed by atoms with Gasteiger partial charge in [0.25, 0.3) is 0 Å². The molecule has 3 rings (SSSR count). The van der Waals surface area contributed by atoms with Gasteiger partial charge in [-0.1, -0.05) is 85.6 Å². The number of rotatable bonds is 12. The number of carbonyl (C=O) groups is 1. The van der Waals surface area contributed by atoms with E-state index in [9.17, 15) is 9.59 Å². The number of hydrogen-bond acceptors (Lipinski definition) is 5. The summed E-state index contributed by atoms with van der Waals surface area (Å²) in [5.74, 6) is 0.478. The number of ether oxygens (including phenoxy) is 2. The molecule has 1 atom stereocenters. The van der Waals surface area contributed by atoms with E-state index >= 15 is 0 Å². The van der Waals surface area contributed by atoms with Crippen LogP contribution in [0.5, 0.6) is 5.75 Å². The Kier molecular flexibility index (Phi) is 10.5. The third-order valence-corrected chi connectivity index (χ3v) is 8.64. The van der Waals surface area contributed by atoms with E-state index in [1.165, 1.54) is 24.8 Å². The average molecular weight is 605 g/mol. The third kappa shape index (κ3) is 9.22. The van der Waals surface area contributed by atoms with Gasteiger partial charge in [-0.05, 0) is 100 Å². The van der Waals surface area contributed by atoms with Crippen molar-refractivity contribution in [1.29, 1.82) is 0 Å². The highest BCUT2D eigenvalue weighted by Gasteiger charge is 2.49. The summed E-state index contributed by atoms with van der Waals surface area (Å²) in [6, 6.07) is 15.6. The molecular formula is C39H56O5. The van der Waals surface area contributed by atoms with Crippen molar-refractivity contribution in [3.05, 3.63) is 64.5 Å². The lowest BCUT2D eigenvalue weighted by atomic mass is 9.61. The minimum Gasteiger partial charge on any atom is -0.488 e. The van der Waals surface area contributed by atoms with Crippen LogP contribution in [0.1, 0.15) is 121 Å². The predicted molar refractivity (Wildman–Crippen MR) is 182 cm³/mol. The summed E-state index contributed by atoms with van der Waals surface area (Å²) in [6.45, 7) is 25.0. The summed E-state index contributed by atoms with van der Waals surface area (Å²) in [6.07, 6.45) is 5.82. The Hall–Kier alpha value is -3.08. The fourth-order valence-electron chi connectivity index (χ4n) is 6.28. The summed E-state index contributed by atoms with van der Waals surface area (Å²) in [4.78, 5) is 26.6. The van der Waals surface area contributed by atoms with Gasteiger partial charge in [0.2, 0.25) is 0 Å². The van der Waals surface area contributed by atoms with E-state index in [-0.39, 0.29) is 22.4 Å². The Morgan fingerprint density at radius 3 is 1.98 bits per heavy atom. The molecule has 44 heavy (non-hydrogen) atoms. The molecule has 0 fully saturated rings. The number of benzene rings is 2. The number of unbranched alkanes of at least 4 members (excludes halogenated alkanes) is 2. The molecule has 0 saturated carbocycles. The van der Waals surface area contributed by atoms with Crippen molar-refractivity contribution in [2.75, 3.05) is 0 Å². The molecule has 2 aromatic carbocycles. The van der Waals surface area contributed by atoms with Gasteiger partial charge in [-0.25, -0.2) is 4.79 Å². The lowest BCUT2D eigenvalue weighted by Gasteiger charge is -2.45.